The Morgan fingerprint density at radius 2 is 1.40 bits per heavy atom. The van der Waals surface area contributed by atoms with E-state index in [9.17, 15) is 14.2 Å². The normalized spacial score (nSPS) is 12.4. The molecule has 1 atom stereocenters. The number of unbranched alkanes of at least 4 members (excludes halogenated alkanes) is 14. The minimum atomic E-state index is -4.62. The Morgan fingerprint density at radius 1 is 0.857 bits per heavy atom. The summed E-state index contributed by atoms with van der Waals surface area (Å²) in [4.78, 5) is 40.2. The van der Waals surface area contributed by atoms with Crippen LogP contribution in [0.4, 0.5) is 0 Å². The number of nitrogens with one attached hydrogen (secondary N) is 1. The maximum absolute atomic E-state index is 12.2. The largest absolute Gasteiger partial charge is 0.469 e. The third-order valence-electron chi connectivity index (χ3n) is 5.77. The van der Waals surface area contributed by atoms with E-state index in [1.54, 1.807) is 0 Å². The molecule has 0 radical (unpaired) electrons. The smallest absolute Gasteiger partial charge is 0.468 e. The number of carbonyl (C=O) groups excluding carboxylic acids is 2. The first-order valence-electron chi connectivity index (χ1n) is 13.5. The molecule has 0 aromatic heterocycles. The Morgan fingerprint density at radius 3 is 1.97 bits per heavy atom. The van der Waals surface area contributed by atoms with Crippen molar-refractivity contribution >= 4 is 20.3 Å². The molecule has 9 nitrogen and oxygen atoms in total. The van der Waals surface area contributed by atoms with Crippen LogP contribution < -0.4 is 5.32 Å². The van der Waals surface area contributed by atoms with Crippen LogP contribution in [0.2, 0.25) is 0 Å². The van der Waals surface area contributed by atoms with Crippen LogP contribution in [0.1, 0.15) is 116 Å². The molecule has 35 heavy (non-hydrogen) atoms. The first-order chi connectivity index (χ1) is 16.9. The number of phosphoric ester groups is 1. The van der Waals surface area contributed by atoms with Crippen molar-refractivity contribution in [3.8, 4) is 0 Å². The average molecular weight is 524 g/mol. The summed E-state index contributed by atoms with van der Waals surface area (Å²) in [5.74, 6) is -0.357. The topological polar surface area (TPSA) is 131 Å². The van der Waals surface area contributed by atoms with Gasteiger partial charge in [-0.2, -0.15) is 0 Å². The predicted molar refractivity (Wildman–Crippen MR) is 137 cm³/mol. The minimum absolute atomic E-state index is 0.285. The van der Waals surface area contributed by atoms with Crippen molar-refractivity contribution in [3.05, 3.63) is 0 Å². The van der Waals surface area contributed by atoms with Crippen molar-refractivity contribution < 1.29 is 37.9 Å². The lowest BCUT2D eigenvalue weighted by atomic mass is 10.1. The Balaban J connectivity index is 3.93. The number of hydrogen-bond acceptors (Lipinski definition) is 7. The third-order valence-corrected chi connectivity index (χ3v) is 6.25. The van der Waals surface area contributed by atoms with E-state index in [0.717, 1.165) is 64.3 Å². The summed E-state index contributed by atoms with van der Waals surface area (Å²) < 4.78 is 25.7. The van der Waals surface area contributed by atoms with Gasteiger partial charge in [-0.1, -0.05) is 90.4 Å². The second-order valence-corrected chi connectivity index (χ2v) is 10.4. The van der Waals surface area contributed by atoms with E-state index in [4.69, 9.17) is 14.5 Å². The number of ether oxygens (including phenoxy) is 2. The predicted octanol–water partition coefficient (Wildman–Crippen LogP) is 5.42. The molecule has 0 aliphatic heterocycles. The molecule has 0 spiro atoms. The van der Waals surface area contributed by atoms with Gasteiger partial charge < -0.3 is 24.6 Å². The second-order valence-electron chi connectivity index (χ2n) is 9.12. The number of phosphoric acid groups is 1. The van der Waals surface area contributed by atoms with Gasteiger partial charge >= 0.3 is 13.8 Å². The summed E-state index contributed by atoms with van der Waals surface area (Å²) in [6.45, 7) is 3.82. The Kier molecular flexibility index (Phi) is 24.0. The fourth-order valence-corrected chi connectivity index (χ4v) is 4.13. The quantitative estimate of drug-likeness (QED) is 0.0559. The van der Waals surface area contributed by atoms with Crippen LogP contribution in [-0.2, 0) is 28.2 Å². The molecular formula is C25H50NO8P. The first-order valence-corrected chi connectivity index (χ1v) is 15.1. The number of hydrogen-bond donors (Lipinski definition) is 3. The number of esters is 1. The van der Waals surface area contributed by atoms with Crippen molar-refractivity contribution in [1.29, 1.82) is 0 Å². The molecule has 0 heterocycles. The zero-order valence-electron chi connectivity index (χ0n) is 21.8. The van der Waals surface area contributed by atoms with Crippen LogP contribution in [-0.4, -0.2) is 54.6 Å². The summed E-state index contributed by atoms with van der Waals surface area (Å²) in [5, 5.41) is 3.19. The van der Waals surface area contributed by atoms with Crippen molar-refractivity contribution in [2.75, 3.05) is 26.3 Å². The Labute approximate surface area is 212 Å². The number of rotatable bonds is 27. The van der Waals surface area contributed by atoms with Crippen molar-refractivity contribution in [3.63, 3.8) is 0 Å². The Hall–Kier alpha value is -0.990. The number of carbonyl (C=O) groups is 2. The van der Waals surface area contributed by atoms with Gasteiger partial charge in [-0.3, -0.25) is 14.1 Å². The fourth-order valence-electron chi connectivity index (χ4n) is 3.77. The van der Waals surface area contributed by atoms with Crippen LogP contribution in [0.5, 0.6) is 0 Å². The highest BCUT2D eigenvalue weighted by molar-refractivity contribution is 7.46. The molecule has 0 aromatic carbocycles. The van der Waals surface area contributed by atoms with Gasteiger partial charge in [0, 0.05) is 13.0 Å². The van der Waals surface area contributed by atoms with Gasteiger partial charge in [0.25, 0.3) is 6.47 Å². The van der Waals surface area contributed by atoms with Crippen molar-refractivity contribution in [2.45, 2.75) is 122 Å². The summed E-state index contributed by atoms with van der Waals surface area (Å²) in [6.07, 6.45) is 17.4. The zero-order chi connectivity index (χ0) is 26.0. The average Bonchev–Trinajstić information content (AvgIpc) is 2.81. The summed E-state index contributed by atoms with van der Waals surface area (Å²) in [5.41, 5.74) is 0. The van der Waals surface area contributed by atoms with Crippen LogP contribution in [0.3, 0.4) is 0 Å². The van der Waals surface area contributed by atoms with E-state index in [1.165, 1.54) is 44.9 Å². The highest BCUT2D eigenvalue weighted by Crippen LogP contribution is 2.35. The van der Waals surface area contributed by atoms with E-state index >= 15 is 0 Å². The second kappa shape index (κ2) is 24.7. The monoisotopic (exact) mass is 523 g/mol. The van der Waals surface area contributed by atoms with Gasteiger partial charge in [0.2, 0.25) is 0 Å². The first kappa shape index (κ1) is 34.0. The van der Waals surface area contributed by atoms with Gasteiger partial charge in [-0.05, 0) is 25.8 Å². The van der Waals surface area contributed by atoms with E-state index in [0.29, 0.717) is 19.5 Å². The lowest BCUT2D eigenvalue weighted by Crippen LogP contribution is -2.35. The summed E-state index contributed by atoms with van der Waals surface area (Å²) in [7, 11) is -4.62. The highest BCUT2D eigenvalue weighted by Gasteiger charge is 2.21. The van der Waals surface area contributed by atoms with Gasteiger partial charge in [-0.15, -0.1) is 0 Å². The van der Waals surface area contributed by atoms with Gasteiger partial charge in [0.1, 0.15) is 6.10 Å². The van der Waals surface area contributed by atoms with Gasteiger partial charge in [0.15, 0.2) is 0 Å². The molecule has 0 aliphatic rings. The maximum Gasteiger partial charge on any atom is 0.469 e. The van der Waals surface area contributed by atoms with Crippen LogP contribution in [0.25, 0.3) is 0 Å². The SMILES string of the molecule is CCCCCCCCCCCCC(=O)O[C@@H](CNCCCCCCCCOC=O)COP(=O)(O)O. The fraction of sp³-hybridized carbons (Fsp3) is 0.920. The molecule has 0 aromatic rings. The van der Waals surface area contributed by atoms with Crippen LogP contribution in [0.15, 0.2) is 0 Å². The molecule has 0 aliphatic carbocycles. The van der Waals surface area contributed by atoms with Gasteiger partial charge in [0.05, 0.1) is 13.2 Å². The highest BCUT2D eigenvalue weighted by atomic mass is 31.2. The lowest BCUT2D eigenvalue weighted by Gasteiger charge is -2.19. The Bertz CT molecular complexity index is 544. The minimum Gasteiger partial charge on any atom is -0.468 e. The van der Waals surface area contributed by atoms with E-state index in [2.05, 4.69) is 21.5 Å². The molecule has 0 rings (SSSR count). The van der Waals surface area contributed by atoms with Crippen molar-refractivity contribution in [1.82, 2.24) is 5.32 Å². The zero-order valence-corrected chi connectivity index (χ0v) is 22.7. The molecule has 0 fully saturated rings. The summed E-state index contributed by atoms with van der Waals surface area (Å²) in [6, 6.07) is 0. The molecule has 0 saturated carbocycles. The molecule has 0 saturated heterocycles. The van der Waals surface area contributed by atoms with E-state index in [-0.39, 0.29) is 19.1 Å². The van der Waals surface area contributed by atoms with Crippen LogP contribution >= 0.6 is 7.82 Å². The molecule has 0 bridgehead atoms. The molecular weight excluding hydrogens is 473 g/mol. The molecule has 0 unspecified atom stereocenters. The molecule has 3 N–H and O–H groups in total. The van der Waals surface area contributed by atoms with Crippen LogP contribution in [0, 0.1) is 0 Å². The molecule has 10 heteroatoms. The van der Waals surface area contributed by atoms with E-state index < -0.39 is 13.9 Å². The maximum atomic E-state index is 12.2. The standard InChI is InChI=1S/C25H50NO8P/c1-2-3-4-5-6-7-8-9-12-15-18-25(28)34-24(22-33-35(29,30)31)21-26-19-16-13-10-11-14-17-20-32-23-27/h23-24,26H,2-22H2,1H3,(H2,29,30,31)/t24-/m0/s1. The third kappa shape index (κ3) is 27.4. The van der Waals surface area contributed by atoms with Crippen molar-refractivity contribution in [2.24, 2.45) is 0 Å². The van der Waals surface area contributed by atoms with E-state index in [1.807, 2.05) is 0 Å². The lowest BCUT2D eigenvalue weighted by molar-refractivity contribution is -0.150. The summed E-state index contributed by atoms with van der Waals surface area (Å²) >= 11 is 0. The molecule has 0 amide bonds. The molecule has 208 valence electrons. The van der Waals surface area contributed by atoms with Gasteiger partial charge in [-0.25, -0.2) is 4.57 Å².